The Hall–Kier alpha value is -1.20. The summed E-state index contributed by atoms with van der Waals surface area (Å²) in [6, 6.07) is 4.01. The van der Waals surface area contributed by atoms with Crippen molar-refractivity contribution in [3.63, 3.8) is 0 Å². The number of nitrogens with one attached hydrogen (secondary N) is 1. The maximum atomic E-state index is 13.2. The first-order chi connectivity index (χ1) is 7.75. The third kappa shape index (κ3) is 3.14. The Balaban J connectivity index is 2.99. The Bertz CT molecular complexity index is 477. The summed E-state index contributed by atoms with van der Waals surface area (Å²) in [7, 11) is 0. The van der Waals surface area contributed by atoms with Crippen LogP contribution in [0.4, 0.5) is 4.39 Å². The molecule has 0 aliphatic carbocycles. The second kappa shape index (κ2) is 4.98. The van der Waals surface area contributed by atoms with E-state index in [4.69, 9.17) is 29.6 Å². The van der Waals surface area contributed by atoms with E-state index in [1.807, 2.05) is 0 Å². The van der Waals surface area contributed by atoms with Gasteiger partial charge in [0, 0.05) is 0 Å². The van der Waals surface area contributed by atoms with E-state index in [0.717, 1.165) is 0 Å². The van der Waals surface area contributed by atoms with Crippen molar-refractivity contribution in [2.45, 2.75) is 19.4 Å². The van der Waals surface area contributed by atoms with E-state index in [1.54, 1.807) is 13.8 Å². The molecule has 0 unspecified atom stereocenters. The predicted octanol–water partition coefficient (Wildman–Crippen LogP) is 2.27. The molecule has 0 spiro atoms. The molecule has 1 rings (SSSR count). The van der Waals surface area contributed by atoms with E-state index in [9.17, 15) is 9.18 Å². The van der Waals surface area contributed by atoms with Crippen LogP contribution >= 0.6 is 23.8 Å². The molecular formula is C11H12ClFN2OS. The highest BCUT2D eigenvalue weighted by Gasteiger charge is 2.25. The van der Waals surface area contributed by atoms with Crippen molar-refractivity contribution in [2.24, 2.45) is 5.73 Å². The van der Waals surface area contributed by atoms with Crippen molar-refractivity contribution < 1.29 is 9.18 Å². The molecule has 0 saturated heterocycles. The van der Waals surface area contributed by atoms with E-state index in [-0.39, 0.29) is 15.6 Å². The van der Waals surface area contributed by atoms with Crippen LogP contribution in [0, 0.1) is 5.82 Å². The van der Waals surface area contributed by atoms with Crippen LogP contribution in [0.2, 0.25) is 5.02 Å². The number of nitrogens with two attached hydrogens (primary N) is 1. The number of halogens is 2. The van der Waals surface area contributed by atoms with Crippen molar-refractivity contribution >= 4 is 34.7 Å². The molecule has 0 atom stereocenters. The van der Waals surface area contributed by atoms with E-state index in [1.165, 1.54) is 18.2 Å². The van der Waals surface area contributed by atoms with Gasteiger partial charge in [0.1, 0.15) is 5.82 Å². The van der Waals surface area contributed by atoms with E-state index < -0.39 is 17.3 Å². The molecule has 1 amide bonds. The second-order valence-electron chi connectivity index (χ2n) is 4.04. The normalized spacial score (nSPS) is 11.1. The Morgan fingerprint density at radius 3 is 2.65 bits per heavy atom. The minimum atomic E-state index is -0.859. The number of carbonyl (C=O) groups is 1. The topological polar surface area (TPSA) is 55.1 Å². The largest absolute Gasteiger partial charge is 0.391 e. The van der Waals surface area contributed by atoms with Crippen LogP contribution in [0.1, 0.15) is 24.2 Å². The molecular weight excluding hydrogens is 263 g/mol. The monoisotopic (exact) mass is 274 g/mol. The lowest BCUT2D eigenvalue weighted by molar-refractivity contribution is 0.0932. The van der Waals surface area contributed by atoms with Crippen LogP contribution in [0.25, 0.3) is 0 Å². The number of benzene rings is 1. The Kier molecular flexibility index (Phi) is 4.06. The summed E-state index contributed by atoms with van der Waals surface area (Å²) >= 11 is 10.5. The van der Waals surface area contributed by atoms with Crippen molar-refractivity contribution in [3.05, 3.63) is 34.6 Å². The van der Waals surface area contributed by atoms with Gasteiger partial charge in [-0.2, -0.15) is 0 Å². The predicted molar refractivity (Wildman–Crippen MR) is 69.7 cm³/mol. The number of hydrogen-bond acceptors (Lipinski definition) is 2. The molecule has 0 radical (unpaired) electrons. The fourth-order valence-corrected chi connectivity index (χ4v) is 1.35. The van der Waals surface area contributed by atoms with Gasteiger partial charge < -0.3 is 11.1 Å². The van der Waals surface area contributed by atoms with Crippen molar-refractivity contribution in [3.8, 4) is 0 Å². The Labute approximate surface area is 109 Å². The summed E-state index contributed by atoms with van der Waals surface area (Å²) in [5.41, 5.74) is 4.67. The number of rotatable bonds is 3. The lowest BCUT2D eigenvalue weighted by Gasteiger charge is -2.24. The summed E-state index contributed by atoms with van der Waals surface area (Å²) in [4.78, 5) is 12.0. The molecule has 0 heterocycles. The maximum absolute atomic E-state index is 13.2. The summed E-state index contributed by atoms with van der Waals surface area (Å²) in [5.74, 6) is -1.17. The van der Waals surface area contributed by atoms with Crippen LogP contribution in [-0.2, 0) is 0 Å². The molecule has 0 fully saturated rings. The van der Waals surface area contributed by atoms with Crippen molar-refractivity contribution in [1.29, 1.82) is 0 Å². The second-order valence-corrected chi connectivity index (χ2v) is 4.86. The maximum Gasteiger partial charge on any atom is 0.253 e. The highest BCUT2D eigenvalue weighted by atomic mass is 35.5. The smallest absolute Gasteiger partial charge is 0.253 e. The van der Waals surface area contributed by atoms with Gasteiger partial charge >= 0.3 is 0 Å². The summed E-state index contributed by atoms with van der Waals surface area (Å²) in [6.07, 6.45) is 0. The molecule has 0 aromatic heterocycles. The SMILES string of the molecule is CC(C)(NC(=O)c1cccc(F)c1Cl)C(N)=S. The zero-order valence-electron chi connectivity index (χ0n) is 9.38. The van der Waals surface area contributed by atoms with Crippen molar-refractivity contribution in [2.75, 3.05) is 0 Å². The summed E-state index contributed by atoms with van der Waals surface area (Å²) < 4.78 is 13.2. The van der Waals surface area contributed by atoms with Crippen LogP contribution in [0.5, 0.6) is 0 Å². The Morgan fingerprint density at radius 2 is 2.12 bits per heavy atom. The fraction of sp³-hybridized carbons (Fsp3) is 0.273. The van der Waals surface area contributed by atoms with Gasteiger partial charge in [0.05, 0.1) is 21.1 Å². The minimum absolute atomic E-state index is 0.0518. The average Bonchev–Trinajstić information content (AvgIpc) is 2.21. The third-order valence-corrected chi connectivity index (χ3v) is 3.13. The van der Waals surface area contributed by atoms with E-state index in [2.05, 4.69) is 5.32 Å². The van der Waals surface area contributed by atoms with Gasteiger partial charge in [0.25, 0.3) is 5.91 Å². The first-order valence-electron chi connectivity index (χ1n) is 4.82. The van der Waals surface area contributed by atoms with Crippen LogP contribution < -0.4 is 11.1 Å². The molecule has 3 N–H and O–H groups in total. The molecule has 0 saturated carbocycles. The molecule has 6 heteroatoms. The molecule has 3 nitrogen and oxygen atoms in total. The number of thiocarbonyl (C=S) groups is 1. The molecule has 92 valence electrons. The molecule has 1 aromatic carbocycles. The van der Waals surface area contributed by atoms with Gasteiger partial charge in [-0.15, -0.1) is 0 Å². The average molecular weight is 275 g/mol. The van der Waals surface area contributed by atoms with Gasteiger partial charge in [-0.25, -0.2) is 4.39 Å². The third-order valence-electron chi connectivity index (χ3n) is 2.24. The lowest BCUT2D eigenvalue weighted by Crippen LogP contribution is -2.52. The van der Waals surface area contributed by atoms with Gasteiger partial charge in [0.2, 0.25) is 0 Å². The zero-order chi connectivity index (χ0) is 13.2. The first-order valence-corrected chi connectivity index (χ1v) is 5.61. The van der Waals surface area contributed by atoms with Gasteiger partial charge in [-0.1, -0.05) is 29.9 Å². The quantitative estimate of drug-likeness (QED) is 0.832. The van der Waals surface area contributed by atoms with E-state index in [0.29, 0.717) is 0 Å². The number of hydrogen-bond donors (Lipinski definition) is 2. The summed E-state index contributed by atoms with van der Waals surface area (Å²) in [6.45, 7) is 3.31. The molecule has 1 aromatic rings. The molecule has 0 bridgehead atoms. The van der Waals surface area contributed by atoms with Crippen LogP contribution in [0.15, 0.2) is 18.2 Å². The van der Waals surface area contributed by atoms with Crippen LogP contribution in [-0.4, -0.2) is 16.4 Å². The molecule has 0 aliphatic rings. The zero-order valence-corrected chi connectivity index (χ0v) is 11.0. The first kappa shape index (κ1) is 13.9. The number of carbonyl (C=O) groups excluding carboxylic acids is 1. The van der Waals surface area contributed by atoms with E-state index >= 15 is 0 Å². The number of amides is 1. The van der Waals surface area contributed by atoms with Gasteiger partial charge in [-0.3, -0.25) is 4.79 Å². The van der Waals surface area contributed by atoms with Gasteiger partial charge in [-0.05, 0) is 26.0 Å². The summed E-state index contributed by atoms with van der Waals surface area (Å²) in [5, 5.41) is 2.37. The molecule has 0 aliphatic heterocycles. The molecule has 17 heavy (non-hydrogen) atoms. The van der Waals surface area contributed by atoms with Crippen molar-refractivity contribution in [1.82, 2.24) is 5.32 Å². The standard InChI is InChI=1S/C11H12ClFN2OS/c1-11(2,10(14)17)15-9(16)6-4-3-5-7(13)8(6)12/h3-5H,1-2H3,(H2,14,17)(H,15,16). The highest BCUT2D eigenvalue weighted by molar-refractivity contribution is 7.80. The van der Waals surface area contributed by atoms with Gasteiger partial charge in [0.15, 0.2) is 0 Å². The van der Waals surface area contributed by atoms with Crippen LogP contribution in [0.3, 0.4) is 0 Å². The fourth-order valence-electron chi connectivity index (χ4n) is 1.09. The highest BCUT2D eigenvalue weighted by Crippen LogP contribution is 2.20. The Morgan fingerprint density at radius 1 is 1.53 bits per heavy atom. The lowest BCUT2D eigenvalue weighted by atomic mass is 10.0. The minimum Gasteiger partial charge on any atom is -0.391 e.